The number of methoxy groups -OCH3 is 1. The number of nitrogens with two attached hydrogens (primary N) is 1. The highest BCUT2D eigenvalue weighted by Gasteiger charge is 2.07. The van der Waals surface area contributed by atoms with Gasteiger partial charge in [-0.25, -0.2) is 4.98 Å². The first-order chi connectivity index (χ1) is 8.20. The minimum atomic E-state index is 0.369. The number of nitrogen functional groups attached to an aromatic ring is 1. The smallest absolute Gasteiger partial charge is 0.242 e. The first-order valence-electron chi connectivity index (χ1n) is 4.88. The van der Waals surface area contributed by atoms with Gasteiger partial charge in [0.15, 0.2) is 5.82 Å². The molecule has 2 rings (SSSR count). The Morgan fingerprint density at radius 1 is 1.24 bits per heavy atom. The predicted molar refractivity (Wildman–Crippen MR) is 75.4 cm³/mol. The van der Waals surface area contributed by atoms with E-state index in [0.29, 0.717) is 17.4 Å². The van der Waals surface area contributed by atoms with E-state index in [1.165, 1.54) is 17.0 Å². The number of nitrogens with zero attached hydrogens (tertiary/aromatic N) is 2. The summed E-state index contributed by atoms with van der Waals surface area (Å²) in [6, 6.07) is 7.90. The van der Waals surface area contributed by atoms with Crippen LogP contribution in [0.25, 0.3) is 0 Å². The Hall–Kier alpha value is -1.57. The quantitative estimate of drug-likeness (QED) is 0.838. The first-order valence-corrected chi connectivity index (χ1v) is 5.95. The van der Waals surface area contributed by atoms with E-state index in [4.69, 9.17) is 10.5 Å². The van der Waals surface area contributed by atoms with E-state index in [1.807, 2.05) is 24.3 Å². The van der Waals surface area contributed by atoms with Crippen molar-refractivity contribution in [3.8, 4) is 5.88 Å². The number of benzene rings is 1. The third-order valence-electron chi connectivity index (χ3n) is 2.15. The molecule has 0 bridgehead atoms. The fraction of sp³-hybridized carbons (Fsp3) is 0.0909. The number of anilines is 3. The average molecular weight is 342 g/mol. The number of nitrogens with one attached hydrogen (secondary N) is 1. The van der Waals surface area contributed by atoms with Crippen molar-refractivity contribution in [1.29, 1.82) is 0 Å². The number of hydrogen-bond donors (Lipinski definition) is 2. The summed E-state index contributed by atoms with van der Waals surface area (Å²) in [7, 11) is 1.52. The lowest BCUT2D eigenvalue weighted by molar-refractivity contribution is 0.399. The molecule has 0 unspecified atom stereocenters. The highest BCUT2D eigenvalue weighted by molar-refractivity contribution is 14.1. The largest absolute Gasteiger partial charge is 0.479 e. The molecule has 2 aromatic rings. The molecule has 0 spiro atoms. The van der Waals surface area contributed by atoms with Crippen LogP contribution in [0.4, 0.5) is 17.2 Å². The van der Waals surface area contributed by atoms with E-state index < -0.39 is 0 Å². The topological polar surface area (TPSA) is 73.1 Å². The fourth-order valence-corrected chi connectivity index (χ4v) is 1.67. The second kappa shape index (κ2) is 5.17. The van der Waals surface area contributed by atoms with Gasteiger partial charge in [-0.3, -0.25) is 0 Å². The van der Waals surface area contributed by atoms with E-state index in [2.05, 4.69) is 37.9 Å². The molecule has 17 heavy (non-hydrogen) atoms. The van der Waals surface area contributed by atoms with Crippen LogP contribution in [0.2, 0.25) is 0 Å². The lowest BCUT2D eigenvalue weighted by Crippen LogP contribution is -2.03. The molecule has 0 aliphatic rings. The van der Waals surface area contributed by atoms with Crippen molar-refractivity contribution < 1.29 is 4.74 Å². The maximum absolute atomic E-state index is 5.86. The second-order valence-corrected chi connectivity index (χ2v) is 4.52. The zero-order valence-corrected chi connectivity index (χ0v) is 11.3. The lowest BCUT2D eigenvalue weighted by atomic mass is 10.3. The Labute approximate surface area is 113 Å². The zero-order valence-electron chi connectivity index (χ0n) is 9.14. The summed E-state index contributed by atoms with van der Waals surface area (Å²) in [6.07, 6.45) is 1.41. The molecular weight excluding hydrogens is 331 g/mol. The molecular formula is C11H11IN4O. The van der Waals surface area contributed by atoms with Crippen molar-refractivity contribution in [2.24, 2.45) is 0 Å². The van der Waals surface area contributed by atoms with Gasteiger partial charge in [0, 0.05) is 9.26 Å². The molecule has 0 radical (unpaired) electrons. The van der Waals surface area contributed by atoms with Gasteiger partial charge < -0.3 is 15.8 Å². The van der Waals surface area contributed by atoms with Gasteiger partial charge in [-0.05, 0) is 46.9 Å². The molecule has 1 aromatic carbocycles. The van der Waals surface area contributed by atoms with Gasteiger partial charge in [-0.1, -0.05) is 0 Å². The molecule has 0 amide bonds. The van der Waals surface area contributed by atoms with Crippen molar-refractivity contribution in [2.45, 2.75) is 0 Å². The van der Waals surface area contributed by atoms with E-state index in [-0.39, 0.29) is 0 Å². The molecule has 1 aromatic heterocycles. The zero-order chi connectivity index (χ0) is 12.3. The molecule has 0 aliphatic heterocycles. The maximum atomic E-state index is 5.86. The molecule has 0 aliphatic carbocycles. The fourth-order valence-electron chi connectivity index (χ4n) is 1.31. The third-order valence-corrected chi connectivity index (χ3v) is 2.87. The normalized spacial score (nSPS) is 10.0. The summed E-state index contributed by atoms with van der Waals surface area (Å²) >= 11 is 2.25. The molecule has 5 nitrogen and oxygen atoms in total. The highest BCUT2D eigenvalue weighted by atomic mass is 127. The highest BCUT2D eigenvalue weighted by Crippen LogP contribution is 2.26. The Balaban J connectivity index is 2.27. The number of halogens is 1. The van der Waals surface area contributed by atoms with Crippen molar-refractivity contribution in [3.05, 3.63) is 34.2 Å². The van der Waals surface area contributed by atoms with Crippen LogP contribution in [-0.2, 0) is 0 Å². The Bertz CT molecular complexity index is 515. The van der Waals surface area contributed by atoms with Crippen LogP contribution in [0.15, 0.2) is 30.6 Å². The minimum absolute atomic E-state index is 0.369. The van der Waals surface area contributed by atoms with Crippen molar-refractivity contribution in [2.75, 3.05) is 18.2 Å². The summed E-state index contributed by atoms with van der Waals surface area (Å²) in [4.78, 5) is 7.99. The molecule has 0 saturated carbocycles. The molecule has 0 saturated heterocycles. The van der Waals surface area contributed by atoms with E-state index in [9.17, 15) is 0 Å². The van der Waals surface area contributed by atoms with Gasteiger partial charge in [0.1, 0.15) is 12.0 Å². The van der Waals surface area contributed by atoms with Crippen LogP contribution >= 0.6 is 22.6 Å². The number of ether oxygens (including phenoxy) is 1. The molecule has 0 fully saturated rings. The molecule has 88 valence electrons. The van der Waals surface area contributed by atoms with Crippen molar-refractivity contribution in [1.82, 2.24) is 9.97 Å². The Morgan fingerprint density at radius 3 is 2.59 bits per heavy atom. The second-order valence-electron chi connectivity index (χ2n) is 3.28. The van der Waals surface area contributed by atoms with Crippen molar-refractivity contribution >= 4 is 39.8 Å². The first kappa shape index (κ1) is 11.9. The summed E-state index contributed by atoms with van der Waals surface area (Å²) in [5.41, 5.74) is 7.17. The van der Waals surface area contributed by atoms with E-state index in [1.54, 1.807) is 0 Å². The van der Waals surface area contributed by atoms with E-state index in [0.717, 1.165) is 5.69 Å². The standard InChI is InChI=1S/C11H11IN4O/c1-17-11-9(13)10(14-6-15-11)16-8-4-2-7(12)3-5-8/h2-6H,13H2,1H3,(H,14,15,16). The Morgan fingerprint density at radius 2 is 1.94 bits per heavy atom. The summed E-state index contributed by atoms with van der Waals surface area (Å²) in [5, 5.41) is 3.11. The van der Waals surface area contributed by atoms with Crippen LogP contribution in [0.5, 0.6) is 5.88 Å². The van der Waals surface area contributed by atoms with Crippen LogP contribution in [-0.4, -0.2) is 17.1 Å². The molecule has 6 heteroatoms. The van der Waals surface area contributed by atoms with Gasteiger partial charge in [-0.2, -0.15) is 4.98 Å². The van der Waals surface area contributed by atoms with Gasteiger partial charge in [-0.15, -0.1) is 0 Å². The maximum Gasteiger partial charge on any atom is 0.242 e. The Kier molecular flexibility index (Phi) is 3.62. The molecule has 1 heterocycles. The number of rotatable bonds is 3. The minimum Gasteiger partial charge on any atom is -0.479 e. The van der Waals surface area contributed by atoms with Crippen LogP contribution in [0.1, 0.15) is 0 Å². The van der Waals surface area contributed by atoms with Crippen LogP contribution in [0, 0.1) is 3.57 Å². The molecule has 0 atom stereocenters. The van der Waals surface area contributed by atoms with Crippen LogP contribution in [0.3, 0.4) is 0 Å². The predicted octanol–water partition coefficient (Wildman–Crippen LogP) is 2.42. The SMILES string of the molecule is COc1ncnc(Nc2ccc(I)cc2)c1N. The average Bonchev–Trinajstić information content (AvgIpc) is 2.35. The number of hydrogen-bond acceptors (Lipinski definition) is 5. The van der Waals surface area contributed by atoms with Crippen molar-refractivity contribution in [3.63, 3.8) is 0 Å². The summed E-state index contributed by atoms with van der Waals surface area (Å²) < 4.78 is 6.19. The third kappa shape index (κ3) is 2.76. The molecule has 3 N–H and O–H groups in total. The number of aromatic nitrogens is 2. The monoisotopic (exact) mass is 342 g/mol. The van der Waals surface area contributed by atoms with E-state index >= 15 is 0 Å². The van der Waals surface area contributed by atoms with Gasteiger partial charge in [0.05, 0.1) is 7.11 Å². The van der Waals surface area contributed by atoms with Gasteiger partial charge in [0.2, 0.25) is 5.88 Å². The summed E-state index contributed by atoms with van der Waals surface area (Å²) in [6.45, 7) is 0. The summed E-state index contributed by atoms with van der Waals surface area (Å²) in [5.74, 6) is 0.908. The van der Waals surface area contributed by atoms with Gasteiger partial charge in [0.25, 0.3) is 0 Å². The lowest BCUT2D eigenvalue weighted by Gasteiger charge is -2.09. The van der Waals surface area contributed by atoms with Gasteiger partial charge >= 0.3 is 0 Å². The van der Waals surface area contributed by atoms with Crippen LogP contribution < -0.4 is 15.8 Å².